The summed E-state index contributed by atoms with van der Waals surface area (Å²) in [6.45, 7) is 5.73. The molecule has 2 rings (SSSR count). The second-order valence-electron chi connectivity index (χ2n) is 6.77. The minimum Gasteiger partial charge on any atom is -0.339 e. The van der Waals surface area contributed by atoms with Gasteiger partial charge in [0, 0.05) is 30.8 Å². The van der Waals surface area contributed by atoms with Gasteiger partial charge in [-0.3, -0.25) is 9.59 Å². The monoisotopic (exact) mass is 330 g/mol. The number of hydrogen-bond donors (Lipinski definition) is 1. The summed E-state index contributed by atoms with van der Waals surface area (Å²) < 4.78 is 0. The molecule has 0 radical (unpaired) electrons. The van der Waals surface area contributed by atoms with E-state index in [4.69, 9.17) is 0 Å². The molecule has 0 unspecified atom stereocenters. The minimum atomic E-state index is 0.0718. The van der Waals surface area contributed by atoms with Crippen molar-refractivity contribution in [3.63, 3.8) is 0 Å². The maximum atomic E-state index is 12.5. The van der Waals surface area contributed by atoms with Crippen LogP contribution in [0, 0.1) is 5.92 Å². The molecular weight excluding hydrogens is 300 g/mol. The Bertz CT molecular complexity index is 527. The Labute approximate surface area is 145 Å². The van der Waals surface area contributed by atoms with Crippen molar-refractivity contribution in [2.45, 2.75) is 58.8 Å². The van der Waals surface area contributed by atoms with E-state index in [9.17, 15) is 9.59 Å². The highest BCUT2D eigenvalue weighted by Crippen LogP contribution is 2.27. The van der Waals surface area contributed by atoms with Crippen molar-refractivity contribution in [3.8, 4) is 0 Å². The topological polar surface area (TPSA) is 49.4 Å². The molecule has 1 aromatic carbocycles. The van der Waals surface area contributed by atoms with Gasteiger partial charge in [0.1, 0.15) is 0 Å². The number of carbonyl (C=O) groups is 2. The fourth-order valence-corrected chi connectivity index (χ4v) is 3.42. The summed E-state index contributed by atoms with van der Waals surface area (Å²) in [5.74, 6) is 0.699. The number of anilines is 1. The van der Waals surface area contributed by atoms with Crippen LogP contribution in [0.5, 0.6) is 0 Å². The van der Waals surface area contributed by atoms with Crippen LogP contribution >= 0.6 is 0 Å². The van der Waals surface area contributed by atoms with Crippen LogP contribution in [0.4, 0.5) is 5.69 Å². The van der Waals surface area contributed by atoms with Crippen molar-refractivity contribution in [1.29, 1.82) is 0 Å². The van der Waals surface area contributed by atoms with Crippen molar-refractivity contribution in [3.05, 3.63) is 29.8 Å². The van der Waals surface area contributed by atoms with Gasteiger partial charge in [-0.15, -0.1) is 0 Å². The summed E-state index contributed by atoms with van der Waals surface area (Å²) in [5, 5.41) is 2.95. The van der Waals surface area contributed by atoms with E-state index >= 15 is 0 Å². The third-order valence-corrected chi connectivity index (χ3v) is 4.64. The van der Waals surface area contributed by atoms with E-state index in [2.05, 4.69) is 19.2 Å². The van der Waals surface area contributed by atoms with Crippen LogP contribution in [0.1, 0.15) is 69.2 Å². The molecule has 0 saturated heterocycles. The van der Waals surface area contributed by atoms with Gasteiger partial charge in [0.25, 0.3) is 5.91 Å². The van der Waals surface area contributed by atoms with Gasteiger partial charge in [-0.2, -0.15) is 0 Å². The number of benzene rings is 1. The van der Waals surface area contributed by atoms with E-state index in [1.54, 1.807) is 0 Å². The predicted molar refractivity (Wildman–Crippen MR) is 98.1 cm³/mol. The molecule has 0 atom stereocenters. The molecule has 24 heavy (non-hydrogen) atoms. The average Bonchev–Trinajstić information content (AvgIpc) is 3.07. The second kappa shape index (κ2) is 9.45. The van der Waals surface area contributed by atoms with Crippen LogP contribution in [0.2, 0.25) is 0 Å². The van der Waals surface area contributed by atoms with Crippen molar-refractivity contribution in [2.75, 3.05) is 18.4 Å². The van der Waals surface area contributed by atoms with E-state index < -0.39 is 0 Å². The maximum Gasteiger partial charge on any atom is 0.253 e. The predicted octanol–water partition coefficient (Wildman–Crippen LogP) is 4.47. The summed E-state index contributed by atoms with van der Waals surface area (Å²) in [7, 11) is 0. The summed E-state index contributed by atoms with van der Waals surface area (Å²) in [6.07, 6.45) is 7.38. The molecular formula is C20H30N2O2. The number of hydrogen-bond acceptors (Lipinski definition) is 2. The summed E-state index contributed by atoms with van der Waals surface area (Å²) in [5.41, 5.74) is 1.46. The Kier molecular flexibility index (Phi) is 7.29. The lowest BCUT2D eigenvalue weighted by Crippen LogP contribution is -2.32. The van der Waals surface area contributed by atoms with Crippen molar-refractivity contribution in [2.24, 2.45) is 5.92 Å². The second-order valence-corrected chi connectivity index (χ2v) is 6.77. The normalized spacial score (nSPS) is 14.6. The molecule has 132 valence electrons. The molecule has 4 nitrogen and oxygen atoms in total. The molecule has 1 saturated carbocycles. The molecule has 1 N–H and O–H groups in total. The molecule has 4 heteroatoms. The highest BCUT2D eigenvalue weighted by molar-refractivity contribution is 5.95. The van der Waals surface area contributed by atoms with Gasteiger partial charge < -0.3 is 10.2 Å². The third-order valence-electron chi connectivity index (χ3n) is 4.64. The van der Waals surface area contributed by atoms with Crippen LogP contribution in [0.3, 0.4) is 0 Å². The molecule has 0 aromatic heterocycles. The average molecular weight is 330 g/mol. The molecule has 1 aliphatic carbocycles. The first-order valence-corrected chi connectivity index (χ1v) is 9.33. The van der Waals surface area contributed by atoms with E-state index in [0.717, 1.165) is 31.6 Å². The zero-order chi connectivity index (χ0) is 17.4. The van der Waals surface area contributed by atoms with Crippen LogP contribution < -0.4 is 5.32 Å². The molecule has 1 aromatic rings. The quantitative estimate of drug-likeness (QED) is 0.764. The molecule has 0 spiro atoms. The van der Waals surface area contributed by atoms with Crippen LogP contribution in [-0.2, 0) is 4.79 Å². The first-order valence-electron chi connectivity index (χ1n) is 9.33. The summed E-state index contributed by atoms with van der Waals surface area (Å²) >= 11 is 0. The number of rotatable bonds is 8. The molecule has 1 fully saturated rings. The number of nitrogens with one attached hydrogen (secondary N) is 1. The molecule has 2 amide bonds. The van der Waals surface area contributed by atoms with Crippen molar-refractivity contribution >= 4 is 17.5 Å². The molecule has 0 heterocycles. The van der Waals surface area contributed by atoms with E-state index in [1.807, 2.05) is 29.2 Å². The Morgan fingerprint density at radius 1 is 1.04 bits per heavy atom. The fourth-order valence-electron chi connectivity index (χ4n) is 3.42. The largest absolute Gasteiger partial charge is 0.339 e. The number of nitrogens with zero attached hydrogens (tertiary/aromatic N) is 1. The highest BCUT2D eigenvalue weighted by Gasteiger charge is 2.18. The van der Waals surface area contributed by atoms with Gasteiger partial charge in [0.15, 0.2) is 0 Å². The Morgan fingerprint density at radius 2 is 1.62 bits per heavy atom. The van der Waals surface area contributed by atoms with Gasteiger partial charge in [-0.05, 0) is 55.9 Å². The summed E-state index contributed by atoms with van der Waals surface area (Å²) in [6, 6.07) is 7.28. The Balaban J connectivity index is 1.91. The minimum absolute atomic E-state index is 0.0718. The van der Waals surface area contributed by atoms with E-state index in [0.29, 0.717) is 17.9 Å². The third kappa shape index (κ3) is 5.36. The molecule has 0 aliphatic heterocycles. The van der Waals surface area contributed by atoms with Gasteiger partial charge in [0.2, 0.25) is 5.91 Å². The fraction of sp³-hybridized carbons (Fsp3) is 0.600. The summed E-state index contributed by atoms with van der Waals surface area (Å²) in [4.78, 5) is 26.5. The SMILES string of the molecule is CCCN(CCC)C(=O)c1ccc(NC(=O)CC2CCCC2)cc1. The van der Waals surface area contributed by atoms with Gasteiger partial charge in [-0.25, -0.2) is 0 Å². The number of amides is 2. The van der Waals surface area contributed by atoms with Crippen molar-refractivity contribution < 1.29 is 9.59 Å². The first-order chi connectivity index (χ1) is 11.6. The lowest BCUT2D eigenvalue weighted by atomic mass is 10.0. The van der Waals surface area contributed by atoms with Crippen LogP contribution in [-0.4, -0.2) is 29.8 Å². The first kappa shape index (κ1) is 18.5. The lowest BCUT2D eigenvalue weighted by Gasteiger charge is -2.21. The molecule has 0 bridgehead atoms. The zero-order valence-corrected chi connectivity index (χ0v) is 15.0. The zero-order valence-electron chi connectivity index (χ0n) is 15.0. The van der Waals surface area contributed by atoms with Crippen molar-refractivity contribution in [1.82, 2.24) is 4.90 Å². The van der Waals surface area contributed by atoms with Crippen LogP contribution in [0.15, 0.2) is 24.3 Å². The standard InChI is InChI=1S/C20H30N2O2/c1-3-13-22(14-4-2)20(24)17-9-11-18(12-10-17)21-19(23)15-16-7-5-6-8-16/h9-12,16H,3-8,13-15H2,1-2H3,(H,21,23). The molecule has 1 aliphatic rings. The maximum absolute atomic E-state index is 12.5. The van der Waals surface area contributed by atoms with E-state index in [-0.39, 0.29) is 11.8 Å². The Morgan fingerprint density at radius 3 is 2.17 bits per heavy atom. The van der Waals surface area contributed by atoms with E-state index in [1.165, 1.54) is 25.7 Å². The lowest BCUT2D eigenvalue weighted by molar-refractivity contribution is -0.117. The smallest absolute Gasteiger partial charge is 0.253 e. The highest BCUT2D eigenvalue weighted by atomic mass is 16.2. The number of carbonyl (C=O) groups excluding carboxylic acids is 2. The van der Waals surface area contributed by atoms with Gasteiger partial charge in [0.05, 0.1) is 0 Å². The van der Waals surface area contributed by atoms with Crippen LogP contribution in [0.25, 0.3) is 0 Å². The van der Waals surface area contributed by atoms with Gasteiger partial charge >= 0.3 is 0 Å². The van der Waals surface area contributed by atoms with Gasteiger partial charge in [-0.1, -0.05) is 26.7 Å². The Hall–Kier alpha value is -1.84.